The number of fused-ring (bicyclic) bond motifs is 9. The van der Waals surface area contributed by atoms with Crippen molar-refractivity contribution in [2.24, 2.45) is 0 Å². The Morgan fingerprint density at radius 3 is 1.02 bits per heavy atom. The van der Waals surface area contributed by atoms with E-state index >= 15 is 0 Å². The first-order valence-electron chi connectivity index (χ1n) is 20.0. The summed E-state index contributed by atoms with van der Waals surface area (Å²) < 4.78 is 4.77. The van der Waals surface area contributed by atoms with Crippen molar-refractivity contribution < 1.29 is 0 Å². The summed E-state index contributed by atoms with van der Waals surface area (Å²) in [4.78, 5) is 0. The molecule has 10 aromatic carbocycles. The SMILES string of the molecule is c1ccc2c(c1)cc(-c1cc(-c3ccc(-n4c5ccccc5c5ccccc54)cc3)cc(-c3ccc(-n4c5ccccc5c5ccccc54)cc3)c1)c1ccccc12. The highest BCUT2D eigenvalue weighted by atomic mass is 15.0. The Morgan fingerprint density at radius 1 is 0.224 bits per heavy atom. The fraction of sp³-hybridized carbons (Fsp3) is 0. The Labute approximate surface area is 336 Å². The normalized spacial score (nSPS) is 11.8. The molecular formula is C56H36N2. The van der Waals surface area contributed by atoms with Crippen molar-refractivity contribution in [2.45, 2.75) is 0 Å². The second-order valence-corrected chi connectivity index (χ2v) is 15.3. The summed E-state index contributed by atoms with van der Waals surface area (Å²) in [5.74, 6) is 0. The molecule has 0 aliphatic heterocycles. The van der Waals surface area contributed by atoms with Gasteiger partial charge in [0.2, 0.25) is 0 Å². The molecule has 2 aromatic heterocycles. The van der Waals surface area contributed by atoms with Crippen LogP contribution in [0.3, 0.4) is 0 Å². The fourth-order valence-electron chi connectivity index (χ4n) is 9.42. The van der Waals surface area contributed by atoms with Gasteiger partial charge in [-0.25, -0.2) is 0 Å². The summed E-state index contributed by atoms with van der Waals surface area (Å²) in [6.45, 7) is 0. The van der Waals surface area contributed by atoms with E-state index in [4.69, 9.17) is 0 Å². The topological polar surface area (TPSA) is 9.86 Å². The van der Waals surface area contributed by atoms with Crippen LogP contribution in [-0.4, -0.2) is 9.13 Å². The van der Waals surface area contributed by atoms with Crippen molar-refractivity contribution in [3.05, 3.63) is 218 Å². The van der Waals surface area contributed by atoms with Gasteiger partial charge in [-0.05, 0) is 128 Å². The van der Waals surface area contributed by atoms with Gasteiger partial charge >= 0.3 is 0 Å². The Balaban J connectivity index is 1.03. The van der Waals surface area contributed by atoms with Gasteiger partial charge in [0.1, 0.15) is 0 Å². The molecule has 0 bridgehead atoms. The first-order valence-corrected chi connectivity index (χ1v) is 20.0. The maximum absolute atomic E-state index is 2.39. The van der Waals surface area contributed by atoms with Crippen LogP contribution in [0.4, 0.5) is 0 Å². The highest BCUT2D eigenvalue weighted by Gasteiger charge is 2.16. The molecule has 0 fully saturated rings. The van der Waals surface area contributed by atoms with Crippen molar-refractivity contribution >= 4 is 65.2 Å². The minimum atomic E-state index is 1.15. The van der Waals surface area contributed by atoms with Crippen molar-refractivity contribution in [1.82, 2.24) is 9.13 Å². The predicted molar refractivity (Wildman–Crippen MR) is 246 cm³/mol. The van der Waals surface area contributed by atoms with E-state index in [1.165, 1.54) is 98.5 Å². The van der Waals surface area contributed by atoms with Gasteiger partial charge in [-0.15, -0.1) is 0 Å². The molecule has 12 aromatic rings. The molecule has 270 valence electrons. The largest absolute Gasteiger partial charge is 0.309 e. The van der Waals surface area contributed by atoms with Gasteiger partial charge in [-0.1, -0.05) is 146 Å². The summed E-state index contributed by atoms with van der Waals surface area (Å²) >= 11 is 0. The second kappa shape index (κ2) is 12.9. The highest BCUT2D eigenvalue weighted by Crippen LogP contribution is 2.40. The number of benzene rings is 10. The first kappa shape index (κ1) is 32.6. The summed E-state index contributed by atoms with van der Waals surface area (Å²) in [6.07, 6.45) is 0. The number of nitrogens with zero attached hydrogens (tertiary/aromatic N) is 2. The zero-order valence-corrected chi connectivity index (χ0v) is 31.7. The molecule has 2 heterocycles. The van der Waals surface area contributed by atoms with Crippen LogP contribution in [-0.2, 0) is 0 Å². The predicted octanol–water partition coefficient (Wildman–Crippen LogP) is 15.2. The molecule has 0 spiro atoms. The molecule has 2 nitrogen and oxygen atoms in total. The van der Waals surface area contributed by atoms with Crippen LogP contribution in [0.1, 0.15) is 0 Å². The molecule has 0 N–H and O–H groups in total. The van der Waals surface area contributed by atoms with E-state index in [0.717, 1.165) is 11.4 Å². The number of aromatic nitrogens is 2. The maximum Gasteiger partial charge on any atom is 0.0541 e. The second-order valence-electron chi connectivity index (χ2n) is 15.3. The number of hydrogen-bond acceptors (Lipinski definition) is 0. The summed E-state index contributed by atoms with van der Waals surface area (Å²) in [5.41, 5.74) is 14.3. The molecule has 2 heteroatoms. The Morgan fingerprint density at radius 2 is 0.569 bits per heavy atom. The van der Waals surface area contributed by atoms with Gasteiger partial charge in [0, 0.05) is 32.9 Å². The van der Waals surface area contributed by atoms with Gasteiger partial charge in [0.15, 0.2) is 0 Å². The minimum Gasteiger partial charge on any atom is -0.309 e. The number of para-hydroxylation sites is 4. The zero-order chi connectivity index (χ0) is 38.2. The number of rotatable bonds is 5. The third kappa shape index (κ3) is 5.05. The minimum absolute atomic E-state index is 1.15. The lowest BCUT2D eigenvalue weighted by molar-refractivity contribution is 1.18. The monoisotopic (exact) mass is 736 g/mol. The van der Waals surface area contributed by atoms with Gasteiger partial charge in [-0.3, -0.25) is 0 Å². The lowest BCUT2D eigenvalue weighted by atomic mass is 9.89. The summed E-state index contributed by atoms with van der Waals surface area (Å²) in [6, 6.07) is 80.1. The molecular weight excluding hydrogens is 701 g/mol. The van der Waals surface area contributed by atoms with Crippen LogP contribution in [0.25, 0.3) is 110 Å². The Kier molecular flexibility index (Phi) is 7.26. The quantitative estimate of drug-likeness (QED) is 0.156. The summed E-state index contributed by atoms with van der Waals surface area (Å²) in [7, 11) is 0. The van der Waals surface area contributed by atoms with Crippen molar-refractivity contribution in [1.29, 1.82) is 0 Å². The van der Waals surface area contributed by atoms with E-state index in [2.05, 4.69) is 228 Å². The molecule has 0 saturated heterocycles. The van der Waals surface area contributed by atoms with Crippen LogP contribution in [0.15, 0.2) is 218 Å². The molecule has 0 saturated carbocycles. The third-order valence-corrected chi connectivity index (χ3v) is 12.1. The smallest absolute Gasteiger partial charge is 0.0541 e. The molecule has 12 rings (SSSR count). The van der Waals surface area contributed by atoms with Gasteiger partial charge in [0.05, 0.1) is 22.1 Å². The van der Waals surface area contributed by atoms with E-state index in [0.29, 0.717) is 0 Å². The zero-order valence-electron chi connectivity index (χ0n) is 31.7. The van der Waals surface area contributed by atoms with Gasteiger partial charge in [0.25, 0.3) is 0 Å². The molecule has 0 amide bonds. The van der Waals surface area contributed by atoms with Crippen LogP contribution < -0.4 is 0 Å². The van der Waals surface area contributed by atoms with E-state index in [9.17, 15) is 0 Å². The van der Waals surface area contributed by atoms with Gasteiger partial charge in [-0.2, -0.15) is 0 Å². The molecule has 0 aliphatic rings. The van der Waals surface area contributed by atoms with Crippen molar-refractivity contribution in [2.75, 3.05) is 0 Å². The molecule has 0 unspecified atom stereocenters. The number of hydrogen-bond donors (Lipinski definition) is 0. The van der Waals surface area contributed by atoms with Crippen molar-refractivity contribution in [3.8, 4) is 44.8 Å². The summed E-state index contributed by atoms with van der Waals surface area (Å²) in [5, 5.41) is 10.1. The Bertz CT molecular complexity index is 3260. The van der Waals surface area contributed by atoms with E-state index in [1.54, 1.807) is 0 Å². The molecule has 0 atom stereocenters. The third-order valence-electron chi connectivity index (χ3n) is 12.1. The van der Waals surface area contributed by atoms with E-state index < -0.39 is 0 Å². The molecule has 58 heavy (non-hydrogen) atoms. The highest BCUT2D eigenvalue weighted by molar-refractivity contribution is 6.14. The van der Waals surface area contributed by atoms with Crippen molar-refractivity contribution in [3.63, 3.8) is 0 Å². The maximum atomic E-state index is 2.39. The average molecular weight is 737 g/mol. The van der Waals surface area contributed by atoms with Crippen LogP contribution in [0, 0.1) is 0 Å². The van der Waals surface area contributed by atoms with E-state index in [1.807, 2.05) is 0 Å². The molecule has 0 radical (unpaired) electrons. The van der Waals surface area contributed by atoms with Crippen LogP contribution in [0.5, 0.6) is 0 Å². The van der Waals surface area contributed by atoms with Gasteiger partial charge < -0.3 is 9.13 Å². The average Bonchev–Trinajstić information content (AvgIpc) is 3.82. The van der Waals surface area contributed by atoms with Crippen LogP contribution in [0.2, 0.25) is 0 Å². The lowest BCUT2D eigenvalue weighted by Gasteiger charge is -2.16. The first-order chi connectivity index (χ1) is 28.8. The Hall–Kier alpha value is -7.68. The molecule has 0 aliphatic carbocycles. The van der Waals surface area contributed by atoms with E-state index in [-0.39, 0.29) is 0 Å². The fourth-order valence-corrected chi connectivity index (χ4v) is 9.42. The standard InChI is InChI=1S/C56H36N2/c1-2-14-45-39(13-1)36-52(47-16-4-3-15-46(45)47)42-34-40(37-25-29-43(30-26-37)57-53-21-9-5-17-48(53)49-18-6-10-22-54(49)57)33-41(35-42)38-27-31-44(32-28-38)58-55-23-11-7-19-50(55)51-20-8-12-24-56(51)58/h1-36H. The lowest BCUT2D eigenvalue weighted by Crippen LogP contribution is -1.94. The van der Waals surface area contributed by atoms with Crippen LogP contribution >= 0.6 is 0 Å².